The molecule has 0 atom stereocenters. The highest BCUT2D eigenvalue weighted by Gasteiger charge is 2.29. The molecule has 0 bridgehead atoms. The van der Waals surface area contributed by atoms with Gasteiger partial charge in [-0.2, -0.15) is 18.3 Å². The van der Waals surface area contributed by atoms with E-state index in [1.54, 1.807) is 6.20 Å². The Morgan fingerprint density at radius 2 is 1.74 bits per heavy atom. The summed E-state index contributed by atoms with van der Waals surface area (Å²) in [4.78, 5) is 8.82. The summed E-state index contributed by atoms with van der Waals surface area (Å²) in [7, 11) is 1.90. The largest absolute Gasteiger partial charge is 0.416 e. The Labute approximate surface area is 155 Å². The smallest absolute Gasteiger partial charge is 0.339 e. The molecule has 2 aromatic heterocycles. The Hall–Kier alpha value is -2.90. The van der Waals surface area contributed by atoms with Gasteiger partial charge in [-0.3, -0.25) is 9.67 Å². The van der Waals surface area contributed by atoms with Crippen LogP contribution in [-0.2, 0) is 26.1 Å². The van der Waals surface area contributed by atoms with Gasteiger partial charge in [0.15, 0.2) is 0 Å². The van der Waals surface area contributed by atoms with Crippen LogP contribution >= 0.6 is 0 Å². The summed E-state index contributed by atoms with van der Waals surface area (Å²) in [6.45, 7) is 4.08. The van der Waals surface area contributed by atoms with Crippen LogP contribution in [0.4, 0.5) is 24.7 Å². The fourth-order valence-electron chi connectivity index (χ4n) is 3.01. The summed E-state index contributed by atoms with van der Waals surface area (Å²) in [5, 5.41) is 7.55. The highest BCUT2D eigenvalue weighted by molar-refractivity contribution is 5.67. The molecule has 0 aliphatic heterocycles. The minimum atomic E-state index is -4.36. The van der Waals surface area contributed by atoms with Gasteiger partial charge in [-0.25, -0.2) is 4.98 Å². The van der Waals surface area contributed by atoms with E-state index in [-0.39, 0.29) is 0 Å². The molecule has 0 radical (unpaired) electrons. The average molecular weight is 375 g/mol. The normalized spacial score (nSPS) is 11.6. The van der Waals surface area contributed by atoms with E-state index in [0.29, 0.717) is 17.2 Å². The summed E-state index contributed by atoms with van der Waals surface area (Å²) in [6.07, 6.45) is 0.423. The maximum atomic E-state index is 12.7. The molecule has 142 valence electrons. The van der Waals surface area contributed by atoms with Gasteiger partial charge >= 0.3 is 6.18 Å². The van der Waals surface area contributed by atoms with Gasteiger partial charge in [-0.05, 0) is 37.1 Å². The fraction of sp³-hybridized carbons (Fsp3) is 0.316. The average Bonchev–Trinajstić information content (AvgIpc) is 2.97. The SMILES string of the molecule is CCc1nn(C)c(CC)c1-c1cncc(Nc2ccc(C(F)(F)F)cc2)n1. The van der Waals surface area contributed by atoms with Gasteiger partial charge in [0.2, 0.25) is 0 Å². The van der Waals surface area contributed by atoms with Crippen molar-refractivity contribution in [3.63, 3.8) is 0 Å². The molecule has 0 saturated carbocycles. The Morgan fingerprint density at radius 3 is 2.33 bits per heavy atom. The van der Waals surface area contributed by atoms with Gasteiger partial charge < -0.3 is 5.32 Å². The van der Waals surface area contributed by atoms with E-state index in [1.807, 2.05) is 18.7 Å². The first-order valence-electron chi connectivity index (χ1n) is 8.65. The molecular formula is C19H20F3N5. The van der Waals surface area contributed by atoms with Crippen molar-refractivity contribution in [2.45, 2.75) is 32.9 Å². The molecule has 0 aliphatic rings. The molecule has 8 heteroatoms. The van der Waals surface area contributed by atoms with Crippen molar-refractivity contribution < 1.29 is 13.2 Å². The van der Waals surface area contributed by atoms with Gasteiger partial charge in [0.25, 0.3) is 0 Å². The van der Waals surface area contributed by atoms with Crippen molar-refractivity contribution in [2.24, 2.45) is 7.05 Å². The van der Waals surface area contributed by atoms with E-state index in [2.05, 4.69) is 27.3 Å². The molecule has 5 nitrogen and oxygen atoms in total. The van der Waals surface area contributed by atoms with Crippen LogP contribution in [0.2, 0.25) is 0 Å². The molecule has 27 heavy (non-hydrogen) atoms. The lowest BCUT2D eigenvalue weighted by Gasteiger charge is -2.10. The third-order valence-electron chi connectivity index (χ3n) is 4.28. The van der Waals surface area contributed by atoms with Crippen molar-refractivity contribution >= 4 is 11.5 Å². The molecule has 0 unspecified atom stereocenters. The van der Waals surface area contributed by atoms with Crippen molar-refractivity contribution in [1.29, 1.82) is 0 Å². The first-order chi connectivity index (χ1) is 12.8. The number of aryl methyl sites for hydroxylation is 2. The number of rotatable bonds is 5. The number of halogens is 3. The van der Waals surface area contributed by atoms with Crippen LogP contribution in [0.25, 0.3) is 11.3 Å². The number of nitrogens with zero attached hydrogens (tertiary/aromatic N) is 4. The molecule has 3 rings (SSSR count). The minimum absolute atomic E-state index is 0.459. The number of nitrogens with one attached hydrogen (secondary N) is 1. The van der Waals surface area contributed by atoms with E-state index in [4.69, 9.17) is 0 Å². The minimum Gasteiger partial charge on any atom is -0.339 e. The molecule has 1 N–H and O–H groups in total. The Morgan fingerprint density at radius 1 is 1.04 bits per heavy atom. The summed E-state index contributed by atoms with van der Waals surface area (Å²) in [6, 6.07) is 4.81. The second-order valence-corrected chi connectivity index (χ2v) is 6.09. The maximum Gasteiger partial charge on any atom is 0.416 e. The van der Waals surface area contributed by atoms with E-state index < -0.39 is 11.7 Å². The third-order valence-corrected chi connectivity index (χ3v) is 4.28. The van der Waals surface area contributed by atoms with Gasteiger partial charge in [-0.1, -0.05) is 13.8 Å². The van der Waals surface area contributed by atoms with Gasteiger partial charge in [0.1, 0.15) is 5.82 Å². The lowest BCUT2D eigenvalue weighted by atomic mass is 10.1. The first-order valence-corrected chi connectivity index (χ1v) is 8.65. The van der Waals surface area contributed by atoms with Crippen LogP contribution in [0, 0.1) is 0 Å². The number of aromatic nitrogens is 4. The Kier molecular flexibility index (Phi) is 5.16. The second-order valence-electron chi connectivity index (χ2n) is 6.09. The fourth-order valence-corrected chi connectivity index (χ4v) is 3.01. The molecule has 0 aliphatic carbocycles. The van der Waals surface area contributed by atoms with E-state index in [9.17, 15) is 13.2 Å². The summed E-state index contributed by atoms with van der Waals surface area (Å²) in [5.74, 6) is 0.459. The van der Waals surface area contributed by atoms with Crippen LogP contribution in [0.3, 0.4) is 0 Å². The van der Waals surface area contributed by atoms with Crippen LogP contribution in [-0.4, -0.2) is 19.7 Å². The van der Waals surface area contributed by atoms with Crippen LogP contribution in [0.15, 0.2) is 36.7 Å². The number of hydrogen-bond donors (Lipinski definition) is 1. The molecule has 2 heterocycles. The molecule has 0 spiro atoms. The number of benzene rings is 1. The van der Waals surface area contributed by atoms with Crippen LogP contribution in [0.1, 0.15) is 30.8 Å². The number of hydrogen-bond acceptors (Lipinski definition) is 4. The first kappa shape index (κ1) is 18.9. The van der Waals surface area contributed by atoms with Crippen molar-refractivity contribution in [1.82, 2.24) is 19.7 Å². The maximum absolute atomic E-state index is 12.7. The van der Waals surface area contributed by atoms with Crippen LogP contribution < -0.4 is 5.32 Å². The Balaban J connectivity index is 1.91. The Bertz CT molecular complexity index is 930. The summed E-state index contributed by atoms with van der Waals surface area (Å²) < 4.78 is 39.9. The number of anilines is 2. The zero-order valence-electron chi connectivity index (χ0n) is 15.3. The summed E-state index contributed by atoms with van der Waals surface area (Å²) >= 11 is 0. The molecule has 0 amide bonds. The second kappa shape index (κ2) is 7.38. The van der Waals surface area contributed by atoms with Crippen molar-refractivity contribution in [3.05, 3.63) is 53.6 Å². The highest BCUT2D eigenvalue weighted by Crippen LogP contribution is 2.31. The standard InChI is InChI=1S/C19H20F3N5/c1-4-14-18(16(5-2)27(3)26-14)15-10-23-11-17(25-15)24-13-8-6-12(7-9-13)19(20,21)22/h6-11H,4-5H2,1-3H3,(H,24,25). The molecule has 1 aromatic carbocycles. The summed E-state index contributed by atoms with van der Waals surface area (Å²) in [5.41, 5.74) is 3.47. The van der Waals surface area contributed by atoms with Gasteiger partial charge in [-0.15, -0.1) is 0 Å². The predicted octanol–water partition coefficient (Wildman–Crippen LogP) is 4.76. The molecule has 0 saturated heterocycles. The van der Waals surface area contributed by atoms with E-state index in [1.165, 1.54) is 18.3 Å². The van der Waals surface area contributed by atoms with Gasteiger partial charge in [0.05, 0.1) is 29.3 Å². The van der Waals surface area contributed by atoms with Gasteiger partial charge in [0, 0.05) is 24.0 Å². The number of alkyl halides is 3. The zero-order valence-corrected chi connectivity index (χ0v) is 15.3. The van der Waals surface area contributed by atoms with E-state index in [0.717, 1.165) is 41.9 Å². The topological polar surface area (TPSA) is 55.6 Å². The van der Waals surface area contributed by atoms with E-state index >= 15 is 0 Å². The zero-order chi connectivity index (χ0) is 19.6. The molecule has 0 fully saturated rings. The quantitative estimate of drug-likeness (QED) is 0.698. The third kappa shape index (κ3) is 3.94. The molecule has 3 aromatic rings. The highest BCUT2D eigenvalue weighted by atomic mass is 19.4. The predicted molar refractivity (Wildman–Crippen MR) is 97.7 cm³/mol. The van der Waals surface area contributed by atoms with Crippen LogP contribution in [0.5, 0.6) is 0 Å². The van der Waals surface area contributed by atoms with Crippen molar-refractivity contribution in [3.8, 4) is 11.3 Å². The monoisotopic (exact) mass is 375 g/mol. The lowest BCUT2D eigenvalue weighted by molar-refractivity contribution is -0.137. The lowest BCUT2D eigenvalue weighted by Crippen LogP contribution is -2.04. The van der Waals surface area contributed by atoms with Crippen molar-refractivity contribution in [2.75, 3.05) is 5.32 Å². The molecular weight excluding hydrogens is 355 g/mol.